The van der Waals surface area contributed by atoms with Gasteiger partial charge in [-0.3, -0.25) is 0 Å². The summed E-state index contributed by atoms with van der Waals surface area (Å²) in [6, 6.07) is 4.20. The molecule has 0 aromatic carbocycles. The van der Waals surface area contributed by atoms with Crippen molar-refractivity contribution in [3.05, 3.63) is 41.6 Å². The molecule has 0 saturated heterocycles. The van der Waals surface area contributed by atoms with E-state index in [1.54, 1.807) is 22.7 Å². The van der Waals surface area contributed by atoms with Crippen molar-refractivity contribution in [3.63, 3.8) is 0 Å². The quantitative estimate of drug-likeness (QED) is 0.396. The van der Waals surface area contributed by atoms with E-state index < -0.39 is 0 Å². The van der Waals surface area contributed by atoms with E-state index >= 15 is 0 Å². The average molecular weight is 454 g/mol. The number of aryl methyl sites for hydroxylation is 1. The summed E-state index contributed by atoms with van der Waals surface area (Å²) in [4.78, 5) is 0. The van der Waals surface area contributed by atoms with Gasteiger partial charge in [-0.15, -0.1) is 22.7 Å². The van der Waals surface area contributed by atoms with Crippen LogP contribution in [0.2, 0.25) is 0 Å². The molecule has 0 saturated carbocycles. The third-order valence-electron chi connectivity index (χ3n) is 2.89. The van der Waals surface area contributed by atoms with Gasteiger partial charge in [0.25, 0.3) is 0 Å². The third-order valence-corrected chi connectivity index (χ3v) is 6.69. The monoisotopic (exact) mass is 452 g/mol. The normalized spacial score (nSPS) is 10.3. The molecule has 1 nitrogen and oxygen atoms in total. The lowest BCUT2D eigenvalue weighted by Gasteiger charge is -2.02. The highest BCUT2D eigenvalue weighted by Crippen LogP contribution is 2.24. The summed E-state index contributed by atoms with van der Waals surface area (Å²) in [5.74, 6) is 0. The molecular weight excluding hydrogens is 432 g/mol. The van der Waals surface area contributed by atoms with Gasteiger partial charge in [0.15, 0.2) is 0 Å². The van der Waals surface area contributed by atoms with Gasteiger partial charge in [0.2, 0.25) is 0 Å². The standard InChI is InChI=1S/C11H17BrOS.C5H5BrS/c1-2-3-4-5-7-13-9-10-6-8-14-11(10)12;1-4-2-3-7-5(4)6/h6,8H,2-5,7,9H2,1H3;2-3H,1H3. The molecule has 0 fully saturated rings. The van der Waals surface area contributed by atoms with Gasteiger partial charge in [-0.05, 0) is 73.7 Å². The van der Waals surface area contributed by atoms with Crippen LogP contribution in [0.5, 0.6) is 0 Å². The Morgan fingerprint density at radius 3 is 2.19 bits per heavy atom. The third kappa shape index (κ3) is 8.50. The first-order chi connectivity index (χ1) is 10.1. The van der Waals surface area contributed by atoms with Crippen molar-refractivity contribution < 1.29 is 4.74 Å². The Bertz CT molecular complexity index is 477. The fourth-order valence-electron chi connectivity index (χ4n) is 1.59. The topological polar surface area (TPSA) is 9.23 Å². The zero-order chi connectivity index (χ0) is 15.5. The van der Waals surface area contributed by atoms with Gasteiger partial charge in [0.05, 0.1) is 14.2 Å². The van der Waals surface area contributed by atoms with Gasteiger partial charge in [0, 0.05) is 12.2 Å². The largest absolute Gasteiger partial charge is 0.377 e. The van der Waals surface area contributed by atoms with E-state index in [1.807, 2.05) is 0 Å². The Hall–Kier alpha value is 0.320. The Balaban J connectivity index is 0.000000262. The minimum absolute atomic E-state index is 0.746. The summed E-state index contributed by atoms with van der Waals surface area (Å²) in [6.45, 7) is 5.95. The van der Waals surface area contributed by atoms with Gasteiger partial charge in [-0.1, -0.05) is 26.2 Å². The molecule has 0 atom stereocenters. The van der Waals surface area contributed by atoms with Crippen LogP contribution in [-0.4, -0.2) is 6.61 Å². The van der Waals surface area contributed by atoms with E-state index in [0.717, 1.165) is 13.2 Å². The van der Waals surface area contributed by atoms with Crippen LogP contribution in [0.25, 0.3) is 0 Å². The van der Waals surface area contributed by atoms with Crippen LogP contribution in [0.1, 0.15) is 43.7 Å². The summed E-state index contributed by atoms with van der Waals surface area (Å²) >= 11 is 10.3. The van der Waals surface area contributed by atoms with Crippen LogP contribution < -0.4 is 0 Å². The summed E-state index contributed by atoms with van der Waals surface area (Å²) < 4.78 is 8.03. The Morgan fingerprint density at radius 2 is 1.71 bits per heavy atom. The molecule has 0 amide bonds. The first-order valence-electron chi connectivity index (χ1n) is 7.14. The van der Waals surface area contributed by atoms with Gasteiger partial charge in [-0.25, -0.2) is 0 Å². The number of ether oxygens (including phenoxy) is 1. The van der Waals surface area contributed by atoms with Crippen LogP contribution in [0.3, 0.4) is 0 Å². The fourth-order valence-corrected chi connectivity index (χ4v) is 3.89. The lowest BCUT2D eigenvalue weighted by atomic mass is 10.2. The Kier molecular flexibility index (Phi) is 10.9. The molecule has 2 heterocycles. The number of thiophene rings is 2. The second-order valence-corrected chi connectivity index (χ2v) is 9.18. The van der Waals surface area contributed by atoms with Crippen molar-refractivity contribution in [1.29, 1.82) is 0 Å². The van der Waals surface area contributed by atoms with E-state index in [1.165, 1.54) is 44.4 Å². The van der Waals surface area contributed by atoms with Gasteiger partial charge in [0.1, 0.15) is 0 Å². The van der Waals surface area contributed by atoms with Crippen LogP contribution in [0.4, 0.5) is 0 Å². The van der Waals surface area contributed by atoms with Crippen molar-refractivity contribution in [2.45, 2.75) is 46.1 Å². The van der Waals surface area contributed by atoms with E-state index in [4.69, 9.17) is 4.74 Å². The van der Waals surface area contributed by atoms with Crippen molar-refractivity contribution in [1.82, 2.24) is 0 Å². The van der Waals surface area contributed by atoms with E-state index in [2.05, 4.69) is 68.6 Å². The SMILES string of the molecule is CCCCCCOCc1ccsc1Br.Cc1ccsc1Br. The highest BCUT2D eigenvalue weighted by Gasteiger charge is 2.00. The van der Waals surface area contributed by atoms with Gasteiger partial charge >= 0.3 is 0 Å². The molecule has 2 aromatic rings. The van der Waals surface area contributed by atoms with Crippen molar-refractivity contribution in [2.75, 3.05) is 6.61 Å². The molecule has 2 aromatic heterocycles. The molecule has 5 heteroatoms. The molecular formula is C16H22Br2OS2. The lowest BCUT2D eigenvalue weighted by Crippen LogP contribution is -1.94. The first kappa shape index (κ1) is 19.4. The molecule has 21 heavy (non-hydrogen) atoms. The highest BCUT2D eigenvalue weighted by atomic mass is 79.9. The maximum Gasteiger partial charge on any atom is 0.0753 e. The summed E-state index contributed by atoms with van der Waals surface area (Å²) in [5, 5.41) is 4.15. The van der Waals surface area contributed by atoms with Crippen LogP contribution >= 0.6 is 54.5 Å². The van der Waals surface area contributed by atoms with Crippen molar-refractivity contribution in [2.24, 2.45) is 0 Å². The van der Waals surface area contributed by atoms with Gasteiger partial charge in [-0.2, -0.15) is 0 Å². The Morgan fingerprint density at radius 1 is 1.00 bits per heavy atom. The smallest absolute Gasteiger partial charge is 0.0753 e. The first-order valence-corrected chi connectivity index (χ1v) is 10.5. The van der Waals surface area contributed by atoms with Crippen LogP contribution in [0.15, 0.2) is 30.5 Å². The molecule has 118 valence electrons. The molecule has 0 aliphatic heterocycles. The predicted molar refractivity (Wildman–Crippen MR) is 103 cm³/mol. The van der Waals surface area contributed by atoms with Crippen LogP contribution in [0, 0.1) is 6.92 Å². The molecule has 0 N–H and O–H groups in total. The minimum atomic E-state index is 0.746. The van der Waals surface area contributed by atoms with E-state index in [0.29, 0.717) is 0 Å². The lowest BCUT2D eigenvalue weighted by molar-refractivity contribution is 0.116. The number of halogens is 2. The second kappa shape index (κ2) is 11.8. The molecule has 2 rings (SSSR count). The zero-order valence-corrected chi connectivity index (χ0v) is 17.3. The predicted octanol–water partition coefficient (Wildman–Crippen LogP) is 7.43. The number of unbranched alkanes of at least 4 members (excludes halogenated alkanes) is 3. The number of hydrogen-bond donors (Lipinski definition) is 0. The molecule has 0 bridgehead atoms. The molecule has 0 radical (unpaired) electrons. The summed E-state index contributed by atoms with van der Waals surface area (Å²) in [6.07, 6.45) is 5.10. The number of rotatable bonds is 7. The minimum Gasteiger partial charge on any atom is -0.377 e. The summed E-state index contributed by atoms with van der Waals surface area (Å²) in [7, 11) is 0. The van der Waals surface area contributed by atoms with Crippen molar-refractivity contribution in [3.8, 4) is 0 Å². The summed E-state index contributed by atoms with van der Waals surface area (Å²) in [5.41, 5.74) is 2.59. The maximum atomic E-state index is 5.58. The molecule has 0 aliphatic carbocycles. The van der Waals surface area contributed by atoms with E-state index in [9.17, 15) is 0 Å². The van der Waals surface area contributed by atoms with Gasteiger partial charge < -0.3 is 4.74 Å². The molecule has 0 unspecified atom stereocenters. The van der Waals surface area contributed by atoms with Crippen LogP contribution in [-0.2, 0) is 11.3 Å². The Labute approximate surface area is 153 Å². The fraction of sp³-hybridized carbons (Fsp3) is 0.500. The maximum absolute atomic E-state index is 5.58. The number of hydrogen-bond acceptors (Lipinski definition) is 3. The average Bonchev–Trinajstić information content (AvgIpc) is 3.04. The van der Waals surface area contributed by atoms with E-state index in [-0.39, 0.29) is 0 Å². The second-order valence-electron chi connectivity index (χ2n) is 4.71. The molecule has 0 aliphatic rings. The highest BCUT2D eigenvalue weighted by molar-refractivity contribution is 9.11. The zero-order valence-electron chi connectivity index (χ0n) is 12.5. The molecule has 0 spiro atoms. The van der Waals surface area contributed by atoms with Crippen molar-refractivity contribution >= 4 is 54.5 Å².